The number of anilines is 2. The summed E-state index contributed by atoms with van der Waals surface area (Å²) >= 11 is 1.85. The van der Waals surface area contributed by atoms with Gasteiger partial charge >= 0.3 is 0 Å². The van der Waals surface area contributed by atoms with Gasteiger partial charge in [0.15, 0.2) is 5.82 Å². The van der Waals surface area contributed by atoms with Crippen LogP contribution in [0.2, 0.25) is 0 Å². The molecule has 0 fully saturated rings. The third kappa shape index (κ3) is 4.34. The van der Waals surface area contributed by atoms with E-state index in [4.69, 9.17) is 10.5 Å². The van der Waals surface area contributed by atoms with Crippen molar-refractivity contribution in [1.82, 2.24) is 9.97 Å². The molecule has 1 rings (SSSR count). The summed E-state index contributed by atoms with van der Waals surface area (Å²) in [5, 5.41) is 0. The van der Waals surface area contributed by atoms with Crippen LogP contribution in [0.4, 0.5) is 11.6 Å². The molecule has 0 saturated heterocycles. The zero-order valence-electron chi connectivity index (χ0n) is 11.5. The molecule has 0 radical (unpaired) electrons. The Kier molecular flexibility index (Phi) is 6.21. The minimum Gasteiger partial charge on any atom is -0.384 e. The Morgan fingerprint density at radius 2 is 2.22 bits per heavy atom. The Bertz CT molecular complexity index is 375. The van der Waals surface area contributed by atoms with Crippen LogP contribution < -0.4 is 10.6 Å². The van der Waals surface area contributed by atoms with Crippen LogP contribution in [0.3, 0.4) is 0 Å². The van der Waals surface area contributed by atoms with Crippen molar-refractivity contribution in [2.24, 2.45) is 0 Å². The van der Waals surface area contributed by atoms with Crippen LogP contribution in [-0.4, -0.2) is 42.2 Å². The van der Waals surface area contributed by atoms with Crippen molar-refractivity contribution in [2.45, 2.75) is 26.0 Å². The van der Waals surface area contributed by atoms with Crippen LogP contribution in [0.15, 0.2) is 6.07 Å². The summed E-state index contributed by atoms with van der Waals surface area (Å²) in [6.45, 7) is 2.57. The van der Waals surface area contributed by atoms with Crippen molar-refractivity contribution in [3.05, 3.63) is 11.9 Å². The van der Waals surface area contributed by atoms with E-state index in [1.165, 1.54) is 0 Å². The zero-order valence-corrected chi connectivity index (χ0v) is 12.3. The van der Waals surface area contributed by atoms with Crippen molar-refractivity contribution < 1.29 is 4.74 Å². The van der Waals surface area contributed by atoms with Crippen LogP contribution in [0, 0.1) is 0 Å². The van der Waals surface area contributed by atoms with Gasteiger partial charge in [-0.3, -0.25) is 0 Å². The first-order valence-corrected chi connectivity index (χ1v) is 7.32. The lowest BCUT2D eigenvalue weighted by Gasteiger charge is -2.26. The Labute approximate surface area is 113 Å². The number of hydrogen-bond donors (Lipinski definition) is 1. The predicted octanol–water partition coefficient (Wildman–Crippen LogP) is 1.78. The fourth-order valence-electron chi connectivity index (χ4n) is 1.59. The van der Waals surface area contributed by atoms with Gasteiger partial charge in [-0.1, -0.05) is 0 Å². The van der Waals surface area contributed by atoms with Gasteiger partial charge in [-0.15, -0.1) is 0 Å². The lowest BCUT2D eigenvalue weighted by Crippen LogP contribution is -2.30. The Morgan fingerprint density at radius 3 is 2.83 bits per heavy atom. The average molecular weight is 270 g/mol. The molecule has 1 unspecified atom stereocenters. The van der Waals surface area contributed by atoms with Gasteiger partial charge in [0.25, 0.3) is 0 Å². The first-order chi connectivity index (χ1) is 8.58. The van der Waals surface area contributed by atoms with Crippen molar-refractivity contribution in [3.63, 3.8) is 0 Å². The van der Waals surface area contributed by atoms with Crippen LogP contribution in [-0.2, 0) is 11.3 Å². The van der Waals surface area contributed by atoms with E-state index < -0.39 is 0 Å². The molecule has 0 aliphatic rings. The Hall–Kier alpha value is -1.01. The first kappa shape index (κ1) is 15.0. The molecule has 6 heteroatoms. The monoisotopic (exact) mass is 270 g/mol. The van der Waals surface area contributed by atoms with Gasteiger partial charge < -0.3 is 15.4 Å². The molecular weight excluding hydrogens is 248 g/mol. The highest BCUT2D eigenvalue weighted by atomic mass is 32.2. The number of ether oxygens (including phenoxy) is 1. The average Bonchev–Trinajstić information content (AvgIpc) is 2.34. The topological polar surface area (TPSA) is 64.3 Å². The number of nitrogen functional groups attached to an aromatic ring is 1. The van der Waals surface area contributed by atoms with Crippen LogP contribution in [0.25, 0.3) is 0 Å². The van der Waals surface area contributed by atoms with Crippen molar-refractivity contribution in [1.29, 1.82) is 0 Å². The Morgan fingerprint density at radius 1 is 1.50 bits per heavy atom. The number of thioether (sulfide) groups is 1. The predicted molar refractivity (Wildman–Crippen MR) is 78.0 cm³/mol. The lowest BCUT2D eigenvalue weighted by atomic mass is 10.2. The second-order valence-corrected chi connectivity index (χ2v) is 5.23. The summed E-state index contributed by atoms with van der Waals surface area (Å²) < 4.78 is 5.04. The van der Waals surface area contributed by atoms with Crippen LogP contribution in [0.1, 0.15) is 19.2 Å². The van der Waals surface area contributed by atoms with E-state index in [-0.39, 0.29) is 0 Å². The molecule has 0 spiro atoms. The Balaban J connectivity index is 2.80. The molecule has 0 aromatic carbocycles. The van der Waals surface area contributed by atoms with Gasteiger partial charge in [-0.25, -0.2) is 9.97 Å². The maximum atomic E-state index is 5.79. The van der Waals surface area contributed by atoms with E-state index in [0.717, 1.165) is 18.0 Å². The molecule has 0 saturated carbocycles. The minimum atomic E-state index is 0.380. The van der Waals surface area contributed by atoms with Crippen molar-refractivity contribution in [2.75, 3.05) is 36.8 Å². The number of hydrogen-bond acceptors (Lipinski definition) is 6. The summed E-state index contributed by atoms with van der Waals surface area (Å²) in [4.78, 5) is 10.7. The number of aromatic nitrogens is 2. The largest absolute Gasteiger partial charge is 0.384 e. The first-order valence-electron chi connectivity index (χ1n) is 5.92. The SMILES string of the molecule is COCc1nc(N)cc(N(C)C(C)CCSC)n1. The number of rotatable bonds is 7. The number of nitrogens with two attached hydrogens (primary N) is 1. The molecule has 18 heavy (non-hydrogen) atoms. The molecule has 5 nitrogen and oxygen atoms in total. The highest BCUT2D eigenvalue weighted by molar-refractivity contribution is 7.98. The van der Waals surface area contributed by atoms with Crippen LogP contribution in [0.5, 0.6) is 0 Å². The third-order valence-electron chi connectivity index (χ3n) is 2.81. The van der Waals surface area contributed by atoms with Gasteiger partial charge in [0.1, 0.15) is 18.2 Å². The van der Waals surface area contributed by atoms with E-state index in [2.05, 4.69) is 28.0 Å². The number of methoxy groups -OCH3 is 1. The molecule has 102 valence electrons. The number of nitrogens with zero attached hydrogens (tertiary/aromatic N) is 3. The highest BCUT2D eigenvalue weighted by Gasteiger charge is 2.13. The molecule has 1 heterocycles. The fraction of sp³-hybridized carbons (Fsp3) is 0.667. The van der Waals surface area contributed by atoms with E-state index >= 15 is 0 Å². The van der Waals surface area contributed by atoms with Gasteiger partial charge in [0.2, 0.25) is 0 Å². The molecule has 1 atom stereocenters. The van der Waals surface area contributed by atoms with E-state index in [1.54, 1.807) is 13.2 Å². The molecule has 0 bridgehead atoms. The lowest BCUT2D eigenvalue weighted by molar-refractivity contribution is 0.178. The standard InChI is InChI=1S/C12H22N4OS/c1-9(5-6-18-4)16(2)12-7-10(13)14-11(15-12)8-17-3/h7,9H,5-6,8H2,1-4H3,(H2,13,14,15). The normalized spacial score (nSPS) is 12.4. The summed E-state index contributed by atoms with van der Waals surface area (Å²) in [6, 6.07) is 2.22. The minimum absolute atomic E-state index is 0.380. The fourth-order valence-corrected chi connectivity index (χ4v) is 2.16. The third-order valence-corrected chi connectivity index (χ3v) is 3.46. The van der Waals surface area contributed by atoms with Crippen LogP contribution >= 0.6 is 11.8 Å². The van der Waals surface area contributed by atoms with E-state index in [0.29, 0.717) is 24.3 Å². The zero-order chi connectivity index (χ0) is 13.5. The van der Waals surface area contributed by atoms with Gasteiger partial charge in [0, 0.05) is 26.3 Å². The van der Waals surface area contributed by atoms with Gasteiger partial charge in [-0.05, 0) is 25.4 Å². The summed E-state index contributed by atoms with van der Waals surface area (Å²) in [5.74, 6) is 3.09. The molecule has 0 aliphatic carbocycles. The summed E-state index contributed by atoms with van der Waals surface area (Å²) in [6.07, 6.45) is 3.23. The van der Waals surface area contributed by atoms with Gasteiger partial charge in [-0.2, -0.15) is 11.8 Å². The van der Waals surface area contributed by atoms with E-state index in [9.17, 15) is 0 Å². The van der Waals surface area contributed by atoms with Crippen molar-refractivity contribution >= 4 is 23.4 Å². The quantitative estimate of drug-likeness (QED) is 0.815. The van der Waals surface area contributed by atoms with E-state index in [1.807, 2.05) is 18.8 Å². The molecular formula is C12H22N4OS. The van der Waals surface area contributed by atoms with Gasteiger partial charge in [0.05, 0.1) is 0 Å². The smallest absolute Gasteiger partial charge is 0.158 e. The molecule has 0 aliphatic heterocycles. The highest BCUT2D eigenvalue weighted by Crippen LogP contribution is 2.17. The summed E-state index contributed by atoms with van der Waals surface area (Å²) in [7, 11) is 3.65. The van der Waals surface area contributed by atoms with Crippen molar-refractivity contribution in [3.8, 4) is 0 Å². The maximum absolute atomic E-state index is 5.79. The summed E-state index contributed by atoms with van der Waals surface area (Å²) in [5.41, 5.74) is 5.79. The second-order valence-electron chi connectivity index (χ2n) is 4.24. The maximum Gasteiger partial charge on any atom is 0.158 e. The molecule has 1 aromatic rings. The molecule has 0 amide bonds. The second kappa shape index (κ2) is 7.43. The molecule has 1 aromatic heterocycles. The molecule has 2 N–H and O–H groups in total.